The number of rotatable bonds is 3. The number of carbonyl (C=O) groups excluding carboxylic acids is 3. The quantitative estimate of drug-likeness (QED) is 0.322. The maximum Gasteiger partial charge on any atom is 0.343 e. The fourth-order valence-corrected chi connectivity index (χ4v) is 5.76. The largest absolute Gasteiger partial charge is 0.423 e. The Morgan fingerprint density at radius 2 is 1.65 bits per heavy atom. The normalized spacial score (nSPS) is 19.7. The lowest BCUT2D eigenvalue weighted by Crippen LogP contribution is -2.37. The Kier molecular flexibility index (Phi) is 5.42. The van der Waals surface area contributed by atoms with Crippen molar-refractivity contribution in [2.45, 2.75) is 32.6 Å². The molecule has 3 aliphatic rings. The number of dihydropyridines is 1. The van der Waals surface area contributed by atoms with Crippen LogP contribution in [0, 0.1) is 5.41 Å². The molecule has 0 saturated carbocycles. The summed E-state index contributed by atoms with van der Waals surface area (Å²) < 4.78 is 5.67. The van der Waals surface area contributed by atoms with Crippen LogP contribution < -0.4 is 10.1 Å². The number of ketones is 2. The zero-order valence-corrected chi connectivity index (χ0v) is 21.2. The molecular weight excluding hydrogens is 486 g/mol. The number of fused-ring (bicyclic) bond motifs is 2. The average molecular weight is 510 g/mol. The highest BCUT2D eigenvalue weighted by Gasteiger charge is 2.46. The minimum absolute atomic E-state index is 0.0302. The van der Waals surface area contributed by atoms with Crippen LogP contribution in [0.2, 0.25) is 5.02 Å². The highest BCUT2D eigenvalue weighted by Crippen LogP contribution is 2.51. The molecule has 3 aromatic carbocycles. The predicted octanol–water partition coefficient (Wildman–Crippen LogP) is 6.50. The van der Waals surface area contributed by atoms with Gasteiger partial charge in [0.15, 0.2) is 11.6 Å². The maximum atomic E-state index is 13.7. The van der Waals surface area contributed by atoms with Gasteiger partial charge in [-0.3, -0.25) is 9.59 Å². The van der Waals surface area contributed by atoms with Crippen molar-refractivity contribution >= 4 is 34.8 Å². The van der Waals surface area contributed by atoms with Gasteiger partial charge in [0.1, 0.15) is 5.75 Å². The van der Waals surface area contributed by atoms with Crippen molar-refractivity contribution in [2.24, 2.45) is 5.41 Å². The van der Waals surface area contributed by atoms with E-state index in [0.717, 1.165) is 22.5 Å². The molecule has 0 amide bonds. The van der Waals surface area contributed by atoms with Gasteiger partial charge >= 0.3 is 5.97 Å². The summed E-state index contributed by atoms with van der Waals surface area (Å²) in [7, 11) is 0. The topological polar surface area (TPSA) is 72.5 Å². The molecule has 0 spiro atoms. The smallest absolute Gasteiger partial charge is 0.343 e. The van der Waals surface area contributed by atoms with Crippen LogP contribution in [0.15, 0.2) is 89.6 Å². The first-order valence-corrected chi connectivity index (χ1v) is 12.6. The van der Waals surface area contributed by atoms with Crippen molar-refractivity contribution in [1.29, 1.82) is 0 Å². The van der Waals surface area contributed by atoms with Crippen LogP contribution in [0.3, 0.4) is 0 Å². The van der Waals surface area contributed by atoms with Gasteiger partial charge in [0.05, 0.1) is 11.3 Å². The summed E-state index contributed by atoms with van der Waals surface area (Å²) in [6, 6.07) is 21.1. The second kappa shape index (κ2) is 8.56. The average Bonchev–Trinajstić information content (AvgIpc) is 3.14. The van der Waals surface area contributed by atoms with Crippen LogP contribution in [0.4, 0.5) is 0 Å². The molecule has 0 saturated heterocycles. The molecule has 1 aliphatic heterocycles. The Morgan fingerprint density at radius 1 is 0.919 bits per heavy atom. The van der Waals surface area contributed by atoms with Crippen molar-refractivity contribution in [3.8, 4) is 5.75 Å². The first kappa shape index (κ1) is 23.4. The lowest BCUT2D eigenvalue weighted by Gasteiger charge is -2.39. The third-order valence-corrected chi connectivity index (χ3v) is 7.46. The van der Waals surface area contributed by atoms with E-state index in [0.29, 0.717) is 45.9 Å². The predicted molar refractivity (Wildman–Crippen MR) is 141 cm³/mol. The van der Waals surface area contributed by atoms with Gasteiger partial charge in [0, 0.05) is 45.3 Å². The second-order valence-electron chi connectivity index (χ2n) is 10.5. The number of hydrogen-bond acceptors (Lipinski definition) is 5. The minimum atomic E-state index is -0.552. The molecule has 6 rings (SSSR count). The summed E-state index contributed by atoms with van der Waals surface area (Å²) in [6.45, 7) is 4.17. The Morgan fingerprint density at radius 3 is 2.41 bits per heavy atom. The van der Waals surface area contributed by atoms with Crippen molar-refractivity contribution in [2.75, 3.05) is 0 Å². The van der Waals surface area contributed by atoms with E-state index < -0.39 is 11.9 Å². The molecule has 3 aromatic rings. The van der Waals surface area contributed by atoms with Crippen LogP contribution in [0.25, 0.3) is 5.70 Å². The summed E-state index contributed by atoms with van der Waals surface area (Å²) in [5.41, 5.74) is 5.20. The van der Waals surface area contributed by atoms with Gasteiger partial charge in [0.25, 0.3) is 0 Å². The van der Waals surface area contributed by atoms with E-state index in [4.69, 9.17) is 16.3 Å². The first-order valence-electron chi connectivity index (χ1n) is 12.2. The Labute approximate surface area is 219 Å². The molecule has 2 aliphatic carbocycles. The van der Waals surface area contributed by atoms with Gasteiger partial charge in [-0.05, 0) is 53.8 Å². The molecule has 0 bridgehead atoms. The van der Waals surface area contributed by atoms with Crippen molar-refractivity contribution in [1.82, 2.24) is 5.32 Å². The van der Waals surface area contributed by atoms with Crippen LogP contribution in [0.1, 0.15) is 64.4 Å². The van der Waals surface area contributed by atoms with Gasteiger partial charge in [-0.15, -0.1) is 0 Å². The highest BCUT2D eigenvalue weighted by atomic mass is 35.5. The molecule has 184 valence electrons. The number of hydrogen-bond donors (Lipinski definition) is 1. The third kappa shape index (κ3) is 4.00. The summed E-state index contributed by atoms with van der Waals surface area (Å²) in [6.07, 6.45) is 1.10. The van der Waals surface area contributed by atoms with E-state index in [-0.39, 0.29) is 17.0 Å². The highest BCUT2D eigenvalue weighted by molar-refractivity contribution is 6.30. The number of carbonyl (C=O) groups is 3. The zero-order chi connectivity index (χ0) is 25.9. The lowest BCUT2D eigenvalue weighted by atomic mass is 9.68. The molecule has 0 unspecified atom stereocenters. The second-order valence-corrected chi connectivity index (χ2v) is 11.0. The number of Topliss-reactive ketones (excluding diaryl/α,β-unsaturated/α-hetero) is 2. The van der Waals surface area contributed by atoms with E-state index in [9.17, 15) is 14.4 Å². The van der Waals surface area contributed by atoms with Crippen molar-refractivity contribution in [3.63, 3.8) is 0 Å². The Bertz CT molecular complexity index is 1560. The van der Waals surface area contributed by atoms with Crippen LogP contribution in [-0.4, -0.2) is 17.5 Å². The summed E-state index contributed by atoms with van der Waals surface area (Å²) in [4.78, 5) is 40.0. The van der Waals surface area contributed by atoms with E-state index in [1.165, 1.54) is 0 Å². The van der Waals surface area contributed by atoms with Crippen molar-refractivity contribution in [3.05, 3.63) is 117 Å². The number of esters is 1. The third-order valence-electron chi connectivity index (χ3n) is 7.21. The number of halogens is 1. The van der Waals surface area contributed by atoms with Crippen LogP contribution in [-0.2, 0) is 4.79 Å². The van der Waals surface area contributed by atoms with E-state index in [1.54, 1.807) is 42.5 Å². The van der Waals surface area contributed by atoms with Gasteiger partial charge in [-0.1, -0.05) is 61.8 Å². The van der Waals surface area contributed by atoms with E-state index in [1.807, 2.05) is 30.3 Å². The molecule has 0 aromatic heterocycles. The minimum Gasteiger partial charge on any atom is -0.423 e. The number of ether oxygens (including phenoxy) is 1. The standard InChI is InChI=1S/C31H24ClNO4/c1-31(2)15-23-26(24(34)16-31)25(27-28(33-23)21-8-3-4-9-22(21)29(27)35)18-6-5-7-20(14-18)37-30(36)17-10-12-19(32)13-11-17/h3-14,25,33H,15-16H2,1-2H3/t25-/m1/s1. The van der Waals surface area contributed by atoms with E-state index >= 15 is 0 Å². The van der Waals surface area contributed by atoms with Crippen molar-refractivity contribution < 1.29 is 19.1 Å². The summed E-state index contributed by atoms with van der Waals surface area (Å²) in [5, 5.41) is 4.01. The molecule has 6 heteroatoms. The van der Waals surface area contributed by atoms with Crippen LogP contribution >= 0.6 is 11.6 Å². The fraction of sp³-hybridized carbons (Fsp3) is 0.194. The Hall–Kier alpha value is -3.96. The zero-order valence-electron chi connectivity index (χ0n) is 20.4. The maximum absolute atomic E-state index is 13.7. The monoisotopic (exact) mass is 509 g/mol. The fourth-order valence-electron chi connectivity index (χ4n) is 5.63. The molecular formula is C31H24ClNO4. The molecule has 0 fully saturated rings. The SMILES string of the molecule is CC1(C)CC(=O)C2=C(C1)NC1=C(C(=O)c3ccccc31)[C@@H]2c1cccc(OC(=O)c2ccc(Cl)cc2)c1. The molecule has 1 atom stereocenters. The van der Waals surface area contributed by atoms with Gasteiger partial charge in [-0.25, -0.2) is 4.79 Å². The number of benzene rings is 3. The lowest BCUT2D eigenvalue weighted by molar-refractivity contribution is -0.118. The first-order chi connectivity index (χ1) is 17.7. The molecule has 1 heterocycles. The van der Waals surface area contributed by atoms with Gasteiger partial charge in [0.2, 0.25) is 0 Å². The van der Waals surface area contributed by atoms with E-state index in [2.05, 4.69) is 19.2 Å². The van der Waals surface area contributed by atoms with Crippen LogP contribution in [0.5, 0.6) is 5.75 Å². The molecule has 1 N–H and O–H groups in total. The molecule has 37 heavy (non-hydrogen) atoms. The molecule has 5 nitrogen and oxygen atoms in total. The Balaban J connectivity index is 1.44. The molecule has 0 radical (unpaired) electrons. The summed E-state index contributed by atoms with van der Waals surface area (Å²) >= 11 is 5.94. The van der Waals surface area contributed by atoms with Gasteiger partial charge < -0.3 is 10.1 Å². The number of allylic oxidation sites excluding steroid dienone is 3. The summed E-state index contributed by atoms with van der Waals surface area (Å²) in [5.74, 6) is -0.784. The van der Waals surface area contributed by atoms with Gasteiger partial charge in [-0.2, -0.15) is 0 Å². The number of nitrogens with one attached hydrogen (secondary N) is 1.